The number of ether oxygens (including phenoxy) is 1. The van der Waals surface area contributed by atoms with Gasteiger partial charge in [-0.25, -0.2) is 13.1 Å². The molecular weight excluding hydrogens is 390 g/mol. The molecule has 2 aliphatic heterocycles. The maximum Gasteiger partial charge on any atom is 0.240 e. The van der Waals surface area contributed by atoms with Crippen molar-refractivity contribution in [2.45, 2.75) is 37.1 Å². The number of hydrogen-bond donors (Lipinski definition) is 1. The molecule has 1 saturated heterocycles. The quantitative estimate of drug-likeness (QED) is 0.806. The summed E-state index contributed by atoms with van der Waals surface area (Å²) in [6.07, 6.45) is 5.80. The normalized spacial score (nSPS) is 21.8. The van der Waals surface area contributed by atoms with Crippen LogP contribution in [0.4, 0.5) is 5.69 Å². The number of aryl methyl sites for hydroxylation is 1. The van der Waals surface area contributed by atoms with Gasteiger partial charge in [-0.3, -0.25) is 9.78 Å². The van der Waals surface area contributed by atoms with Crippen LogP contribution in [0.1, 0.15) is 24.5 Å². The number of aromatic nitrogens is 1. The summed E-state index contributed by atoms with van der Waals surface area (Å²) in [6, 6.07) is 8.61. The lowest BCUT2D eigenvalue weighted by atomic mass is 9.96. The van der Waals surface area contributed by atoms with E-state index in [0.717, 1.165) is 36.1 Å². The molecule has 1 aromatic carbocycles. The molecule has 0 bridgehead atoms. The second-order valence-corrected chi connectivity index (χ2v) is 9.36. The van der Waals surface area contributed by atoms with Gasteiger partial charge in [0.1, 0.15) is 0 Å². The predicted molar refractivity (Wildman–Crippen MR) is 109 cm³/mol. The zero-order valence-electron chi connectivity index (χ0n) is 16.4. The number of amides is 1. The van der Waals surface area contributed by atoms with Crippen molar-refractivity contribution < 1.29 is 17.9 Å². The number of fused-ring (bicyclic) bond motifs is 1. The van der Waals surface area contributed by atoms with E-state index in [1.165, 1.54) is 6.92 Å². The molecule has 3 heterocycles. The van der Waals surface area contributed by atoms with Gasteiger partial charge < -0.3 is 9.64 Å². The van der Waals surface area contributed by atoms with E-state index in [0.29, 0.717) is 19.8 Å². The molecule has 7 nitrogen and oxygen atoms in total. The fraction of sp³-hybridized carbons (Fsp3) is 0.429. The zero-order valence-corrected chi connectivity index (χ0v) is 17.2. The Morgan fingerprint density at radius 1 is 1.24 bits per heavy atom. The Kier molecular flexibility index (Phi) is 5.67. The fourth-order valence-electron chi connectivity index (χ4n) is 4.09. The second kappa shape index (κ2) is 8.22. The molecule has 0 saturated carbocycles. The third-order valence-corrected chi connectivity index (χ3v) is 7.10. The number of hydrogen-bond acceptors (Lipinski definition) is 5. The summed E-state index contributed by atoms with van der Waals surface area (Å²) in [7, 11) is -3.69. The average molecular weight is 416 g/mol. The molecule has 154 valence electrons. The number of sulfonamides is 1. The molecule has 29 heavy (non-hydrogen) atoms. The molecule has 2 aromatic rings. The third kappa shape index (κ3) is 4.34. The van der Waals surface area contributed by atoms with E-state index < -0.39 is 10.0 Å². The van der Waals surface area contributed by atoms with Crippen LogP contribution in [0.5, 0.6) is 0 Å². The van der Waals surface area contributed by atoms with Gasteiger partial charge in [0, 0.05) is 37.5 Å². The van der Waals surface area contributed by atoms with E-state index in [4.69, 9.17) is 4.74 Å². The molecule has 8 heteroatoms. The van der Waals surface area contributed by atoms with Crippen LogP contribution in [0, 0.1) is 5.92 Å². The zero-order chi connectivity index (χ0) is 20.4. The van der Waals surface area contributed by atoms with Crippen molar-refractivity contribution in [3.63, 3.8) is 0 Å². The molecule has 1 amide bonds. The summed E-state index contributed by atoms with van der Waals surface area (Å²) in [4.78, 5) is 17.8. The number of anilines is 1. The highest BCUT2D eigenvalue weighted by Gasteiger charge is 2.33. The number of carbonyl (C=O) groups is 1. The van der Waals surface area contributed by atoms with E-state index in [9.17, 15) is 13.2 Å². The lowest BCUT2D eigenvalue weighted by molar-refractivity contribution is -0.116. The summed E-state index contributed by atoms with van der Waals surface area (Å²) in [5.41, 5.74) is 2.81. The van der Waals surface area contributed by atoms with Crippen molar-refractivity contribution in [1.29, 1.82) is 0 Å². The van der Waals surface area contributed by atoms with E-state index >= 15 is 0 Å². The van der Waals surface area contributed by atoms with Gasteiger partial charge >= 0.3 is 0 Å². The molecule has 1 aromatic heterocycles. The molecule has 1 fully saturated rings. The highest BCUT2D eigenvalue weighted by atomic mass is 32.2. The van der Waals surface area contributed by atoms with Crippen molar-refractivity contribution in [2.75, 3.05) is 24.7 Å². The Balaban J connectivity index is 1.52. The monoisotopic (exact) mass is 415 g/mol. The van der Waals surface area contributed by atoms with Crippen LogP contribution in [0.2, 0.25) is 0 Å². The average Bonchev–Trinajstić information content (AvgIpc) is 3.13. The number of carbonyl (C=O) groups excluding carboxylic acids is 1. The summed E-state index contributed by atoms with van der Waals surface area (Å²) in [6.45, 7) is 3.08. The molecule has 4 rings (SSSR count). The van der Waals surface area contributed by atoms with Gasteiger partial charge in [0.25, 0.3) is 0 Å². The molecular formula is C21H25N3O4S. The van der Waals surface area contributed by atoms with E-state index in [1.54, 1.807) is 35.5 Å². The van der Waals surface area contributed by atoms with Crippen LogP contribution in [-0.4, -0.2) is 45.1 Å². The number of rotatable bonds is 5. The lowest BCUT2D eigenvalue weighted by Gasteiger charge is -2.29. The Bertz CT molecular complexity index is 994. The van der Waals surface area contributed by atoms with E-state index in [-0.39, 0.29) is 22.8 Å². The van der Waals surface area contributed by atoms with Gasteiger partial charge in [0.05, 0.1) is 24.2 Å². The Labute approximate surface area is 171 Å². The predicted octanol–water partition coefficient (Wildman–Crippen LogP) is 1.92. The van der Waals surface area contributed by atoms with Crippen LogP contribution in [0.25, 0.3) is 0 Å². The lowest BCUT2D eigenvalue weighted by Crippen LogP contribution is -2.40. The Hall–Kier alpha value is -2.29. The maximum absolute atomic E-state index is 13.0. The first kappa shape index (κ1) is 20.0. The van der Waals surface area contributed by atoms with E-state index in [2.05, 4.69) is 9.71 Å². The summed E-state index contributed by atoms with van der Waals surface area (Å²) in [5, 5.41) is 0. The maximum atomic E-state index is 13.0. The number of pyridine rings is 1. The standard InChI is InChI=1S/C21H25N3O4S/c1-15(25)24-10-2-3-17-12-19(4-5-21(17)24)29(26,27)23-20-14-28-13-18(20)11-16-6-8-22-9-7-16/h4-9,12,18,20,23H,2-3,10-11,13-14H2,1H3/t18-,20-/m1/s1. The van der Waals surface area contributed by atoms with E-state index in [1.807, 2.05) is 12.1 Å². The highest BCUT2D eigenvalue weighted by Crippen LogP contribution is 2.30. The largest absolute Gasteiger partial charge is 0.379 e. The molecule has 0 unspecified atom stereocenters. The first-order valence-corrected chi connectivity index (χ1v) is 11.3. The molecule has 0 radical (unpaired) electrons. The van der Waals surface area contributed by atoms with Gasteiger partial charge in [-0.1, -0.05) is 0 Å². The van der Waals surface area contributed by atoms with Crippen LogP contribution in [-0.2, 0) is 32.4 Å². The van der Waals surface area contributed by atoms with Gasteiger partial charge in [-0.2, -0.15) is 0 Å². The van der Waals surface area contributed by atoms with Crippen molar-refractivity contribution >= 4 is 21.6 Å². The number of nitrogens with zero attached hydrogens (tertiary/aromatic N) is 2. The molecule has 2 atom stereocenters. The van der Waals surface area contributed by atoms with Gasteiger partial charge in [-0.15, -0.1) is 0 Å². The van der Waals surface area contributed by atoms with Crippen molar-refractivity contribution in [3.8, 4) is 0 Å². The van der Waals surface area contributed by atoms with Crippen molar-refractivity contribution in [1.82, 2.24) is 9.71 Å². The van der Waals surface area contributed by atoms with Crippen LogP contribution in [0.3, 0.4) is 0 Å². The first-order valence-electron chi connectivity index (χ1n) is 9.84. The minimum absolute atomic E-state index is 0.0262. The highest BCUT2D eigenvalue weighted by molar-refractivity contribution is 7.89. The van der Waals surface area contributed by atoms with Crippen LogP contribution < -0.4 is 9.62 Å². The first-order chi connectivity index (χ1) is 13.9. The fourth-order valence-corrected chi connectivity index (χ4v) is 5.43. The Morgan fingerprint density at radius 3 is 2.79 bits per heavy atom. The smallest absolute Gasteiger partial charge is 0.240 e. The summed E-state index contributed by atoms with van der Waals surface area (Å²) >= 11 is 0. The van der Waals surface area contributed by atoms with Crippen molar-refractivity contribution in [2.24, 2.45) is 5.92 Å². The third-order valence-electron chi connectivity index (χ3n) is 5.61. The summed E-state index contributed by atoms with van der Waals surface area (Å²) in [5.74, 6) is 0.0414. The van der Waals surface area contributed by atoms with Gasteiger partial charge in [0.2, 0.25) is 15.9 Å². The summed E-state index contributed by atoms with van der Waals surface area (Å²) < 4.78 is 34.5. The minimum Gasteiger partial charge on any atom is -0.379 e. The second-order valence-electron chi connectivity index (χ2n) is 7.65. The SMILES string of the molecule is CC(=O)N1CCCc2cc(S(=O)(=O)N[C@@H]3COC[C@H]3Cc3ccncc3)ccc21. The van der Waals surface area contributed by atoms with Gasteiger partial charge in [-0.05, 0) is 60.7 Å². The Morgan fingerprint density at radius 2 is 2.03 bits per heavy atom. The minimum atomic E-state index is -3.69. The molecule has 2 aliphatic rings. The molecule has 0 aliphatic carbocycles. The topological polar surface area (TPSA) is 88.6 Å². The number of benzene rings is 1. The molecule has 0 spiro atoms. The van der Waals surface area contributed by atoms with Crippen LogP contribution >= 0.6 is 0 Å². The van der Waals surface area contributed by atoms with Crippen LogP contribution in [0.15, 0.2) is 47.6 Å². The number of nitrogens with one attached hydrogen (secondary N) is 1. The molecule has 1 N–H and O–H groups in total. The van der Waals surface area contributed by atoms with Gasteiger partial charge in [0.15, 0.2) is 0 Å². The van der Waals surface area contributed by atoms with Crippen molar-refractivity contribution in [3.05, 3.63) is 53.9 Å².